The standard InChI is InChI=1S/C19H29N3O2/c1-22(2)10-11-24-16-5-3-4-15(12-16)14-21-18(23)17-13-19(17)6-8-20-9-7-19/h3-5,12,17,20H,6-11,13-14H2,1-2H3,(H,21,23). The Hall–Kier alpha value is -1.59. The van der Waals surface area contributed by atoms with Crippen LogP contribution in [-0.4, -0.2) is 51.1 Å². The van der Waals surface area contributed by atoms with Crippen LogP contribution in [-0.2, 0) is 11.3 Å². The van der Waals surface area contributed by atoms with Gasteiger partial charge in [-0.1, -0.05) is 12.1 Å². The topological polar surface area (TPSA) is 53.6 Å². The summed E-state index contributed by atoms with van der Waals surface area (Å²) >= 11 is 0. The summed E-state index contributed by atoms with van der Waals surface area (Å²) in [6, 6.07) is 8.00. The SMILES string of the molecule is CN(C)CCOc1cccc(CNC(=O)C2CC23CCNCC3)c1. The third-order valence-electron chi connectivity index (χ3n) is 5.28. The van der Waals surface area contributed by atoms with Gasteiger partial charge in [0.25, 0.3) is 0 Å². The zero-order valence-electron chi connectivity index (χ0n) is 14.8. The number of piperidine rings is 1. The highest BCUT2D eigenvalue weighted by molar-refractivity contribution is 5.82. The first-order valence-electron chi connectivity index (χ1n) is 8.94. The second-order valence-corrected chi connectivity index (χ2v) is 7.39. The number of ether oxygens (including phenoxy) is 1. The van der Waals surface area contributed by atoms with E-state index >= 15 is 0 Å². The molecule has 5 nitrogen and oxygen atoms in total. The number of carbonyl (C=O) groups excluding carboxylic acids is 1. The number of rotatable bonds is 7. The van der Waals surface area contributed by atoms with E-state index in [1.54, 1.807) is 0 Å². The lowest BCUT2D eigenvalue weighted by Gasteiger charge is -2.23. The number of nitrogens with zero attached hydrogens (tertiary/aromatic N) is 1. The van der Waals surface area contributed by atoms with Crippen molar-refractivity contribution in [2.24, 2.45) is 11.3 Å². The molecule has 2 fully saturated rings. The van der Waals surface area contributed by atoms with E-state index in [2.05, 4.69) is 15.5 Å². The van der Waals surface area contributed by atoms with Crippen molar-refractivity contribution in [3.63, 3.8) is 0 Å². The molecule has 1 saturated carbocycles. The molecule has 0 radical (unpaired) electrons. The second-order valence-electron chi connectivity index (χ2n) is 7.39. The lowest BCUT2D eigenvalue weighted by atomic mass is 9.92. The van der Waals surface area contributed by atoms with E-state index in [1.165, 1.54) is 0 Å². The Morgan fingerprint density at radius 1 is 1.38 bits per heavy atom. The van der Waals surface area contributed by atoms with Crippen LogP contribution in [0.25, 0.3) is 0 Å². The van der Waals surface area contributed by atoms with Gasteiger partial charge >= 0.3 is 0 Å². The molecular formula is C19H29N3O2. The van der Waals surface area contributed by atoms with Crippen LogP contribution >= 0.6 is 0 Å². The summed E-state index contributed by atoms with van der Waals surface area (Å²) in [5.41, 5.74) is 1.39. The van der Waals surface area contributed by atoms with Crippen molar-refractivity contribution < 1.29 is 9.53 Å². The third kappa shape index (κ3) is 4.28. The van der Waals surface area contributed by atoms with Crippen LogP contribution in [0.2, 0.25) is 0 Å². The summed E-state index contributed by atoms with van der Waals surface area (Å²) in [6.45, 7) is 4.24. The second kappa shape index (κ2) is 7.53. The monoisotopic (exact) mass is 331 g/mol. The number of benzene rings is 1. The first kappa shape index (κ1) is 17.2. The lowest BCUT2D eigenvalue weighted by molar-refractivity contribution is -0.123. The van der Waals surface area contributed by atoms with Crippen molar-refractivity contribution in [1.29, 1.82) is 0 Å². The number of likely N-dealkylation sites (N-methyl/N-ethyl adjacent to an activating group) is 1. The molecule has 1 aromatic carbocycles. The highest BCUT2D eigenvalue weighted by Crippen LogP contribution is 2.58. The van der Waals surface area contributed by atoms with Gasteiger partial charge in [-0.2, -0.15) is 0 Å². The molecule has 2 aliphatic rings. The van der Waals surface area contributed by atoms with Crippen molar-refractivity contribution in [3.8, 4) is 5.75 Å². The van der Waals surface area contributed by atoms with E-state index in [4.69, 9.17) is 4.74 Å². The summed E-state index contributed by atoms with van der Waals surface area (Å²) in [4.78, 5) is 14.5. The largest absolute Gasteiger partial charge is 0.492 e. The molecule has 1 aliphatic carbocycles. The van der Waals surface area contributed by atoms with Crippen LogP contribution in [0.15, 0.2) is 24.3 Å². The van der Waals surface area contributed by atoms with Gasteiger partial charge < -0.3 is 20.3 Å². The van der Waals surface area contributed by atoms with Crippen LogP contribution in [0, 0.1) is 11.3 Å². The van der Waals surface area contributed by atoms with Gasteiger partial charge in [0.05, 0.1) is 0 Å². The van der Waals surface area contributed by atoms with E-state index in [0.29, 0.717) is 18.6 Å². The van der Waals surface area contributed by atoms with Crippen molar-refractivity contribution in [3.05, 3.63) is 29.8 Å². The van der Waals surface area contributed by atoms with Gasteiger partial charge in [0, 0.05) is 19.0 Å². The predicted octanol–water partition coefficient (Wildman–Crippen LogP) is 1.63. The number of hydrogen-bond donors (Lipinski definition) is 2. The average Bonchev–Trinajstić information content (AvgIpc) is 3.26. The molecule has 132 valence electrons. The summed E-state index contributed by atoms with van der Waals surface area (Å²) in [5, 5.41) is 6.49. The number of amides is 1. The Kier molecular flexibility index (Phi) is 5.41. The summed E-state index contributed by atoms with van der Waals surface area (Å²) in [7, 11) is 4.06. The van der Waals surface area contributed by atoms with Crippen molar-refractivity contribution >= 4 is 5.91 Å². The number of carbonyl (C=O) groups is 1. The van der Waals surface area contributed by atoms with Gasteiger partial charge in [0.1, 0.15) is 12.4 Å². The highest BCUT2D eigenvalue weighted by atomic mass is 16.5. The zero-order chi connectivity index (χ0) is 17.0. The maximum Gasteiger partial charge on any atom is 0.223 e. The van der Waals surface area contributed by atoms with Gasteiger partial charge in [-0.3, -0.25) is 4.79 Å². The maximum atomic E-state index is 12.4. The van der Waals surface area contributed by atoms with Crippen LogP contribution in [0.5, 0.6) is 5.75 Å². The molecule has 1 spiro atoms. The van der Waals surface area contributed by atoms with E-state index in [-0.39, 0.29) is 11.8 Å². The van der Waals surface area contributed by atoms with Gasteiger partial charge in [-0.25, -0.2) is 0 Å². The molecule has 1 amide bonds. The minimum atomic E-state index is 0.218. The van der Waals surface area contributed by atoms with Gasteiger partial charge in [-0.15, -0.1) is 0 Å². The molecule has 24 heavy (non-hydrogen) atoms. The van der Waals surface area contributed by atoms with Gasteiger partial charge in [-0.05, 0) is 69.6 Å². The quantitative estimate of drug-likeness (QED) is 0.797. The van der Waals surface area contributed by atoms with Crippen molar-refractivity contribution in [2.75, 3.05) is 40.3 Å². The van der Waals surface area contributed by atoms with Crippen molar-refractivity contribution in [1.82, 2.24) is 15.5 Å². The third-order valence-corrected chi connectivity index (χ3v) is 5.28. The molecule has 1 atom stereocenters. The minimum Gasteiger partial charge on any atom is -0.492 e. The van der Waals surface area contributed by atoms with Crippen LogP contribution in [0.3, 0.4) is 0 Å². The molecule has 1 heterocycles. The van der Waals surface area contributed by atoms with E-state index in [9.17, 15) is 4.79 Å². The van der Waals surface area contributed by atoms with Crippen LogP contribution < -0.4 is 15.4 Å². The molecule has 0 aromatic heterocycles. The Bertz CT molecular complexity index is 567. The molecule has 2 N–H and O–H groups in total. The Balaban J connectivity index is 1.45. The fraction of sp³-hybridized carbons (Fsp3) is 0.632. The van der Waals surface area contributed by atoms with Crippen LogP contribution in [0.1, 0.15) is 24.8 Å². The molecule has 1 saturated heterocycles. The number of hydrogen-bond acceptors (Lipinski definition) is 4. The maximum absolute atomic E-state index is 12.4. The fourth-order valence-electron chi connectivity index (χ4n) is 3.60. The first-order chi connectivity index (χ1) is 11.6. The fourth-order valence-corrected chi connectivity index (χ4v) is 3.60. The molecule has 3 rings (SSSR count). The lowest BCUT2D eigenvalue weighted by Crippen LogP contribution is -2.33. The Labute approximate surface area is 144 Å². The minimum absolute atomic E-state index is 0.218. The first-order valence-corrected chi connectivity index (χ1v) is 8.94. The zero-order valence-corrected chi connectivity index (χ0v) is 14.8. The molecule has 1 aromatic rings. The molecular weight excluding hydrogens is 302 g/mol. The average molecular weight is 331 g/mol. The van der Waals surface area contributed by atoms with Crippen molar-refractivity contribution in [2.45, 2.75) is 25.8 Å². The molecule has 1 unspecified atom stereocenters. The van der Waals surface area contributed by atoms with Gasteiger partial charge in [0.2, 0.25) is 5.91 Å². The van der Waals surface area contributed by atoms with E-state index in [0.717, 1.165) is 50.2 Å². The summed E-state index contributed by atoms with van der Waals surface area (Å²) < 4.78 is 5.75. The highest BCUT2D eigenvalue weighted by Gasteiger charge is 2.57. The molecule has 5 heteroatoms. The summed E-state index contributed by atoms with van der Waals surface area (Å²) in [6.07, 6.45) is 3.34. The van der Waals surface area contributed by atoms with Crippen LogP contribution in [0.4, 0.5) is 0 Å². The Morgan fingerprint density at radius 3 is 2.92 bits per heavy atom. The Morgan fingerprint density at radius 2 is 2.17 bits per heavy atom. The smallest absolute Gasteiger partial charge is 0.223 e. The summed E-state index contributed by atoms with van der Waals surface area (Å²) in [5.74, 6) is 1.31. The normalized spacial score (nSPS) is 21.7. The molecule has 0 bridgehead atoms. The molecule has 1 aliphatic heterocycles. The van der Waals surface area contributed by atoms with E-state index in [1.807, 2.05) is 38.4 Å². The number of nitrogens with one attached hydrogen (secondary N) is 2. The van der Waals surface area contributed by atoms with Gasteiger partial charge in [0.15, 0.2) is 0 Å². The van der Waals surface area contributed by atoms with E-state index < -0.39 is 0 Å². The predicted molar refractivity (Wildman–Crippen MR) is 95.0 cm³/mol.